The molecule has 0 aliphatic rings. The summed E-state index contributed by atoms with van der Waals surface area (Å²) < 4.78 is 39.9. The first-order chi connectivity index (χ1) is 6.49. The van der Waals surface area contributed by atoms with Gasteiger partial charge in [-0.1, -0.05) is 26.7 Å². The number of alkyl halides is 3. The smallest absolute Gasteiger partial charge is 0.372 e. The molecule has 0 unspecified atom stereocenters. The Labute approximate surface area is 83.6 Å². The van der Waals surface area contributed by atoms with Crippen molar-refractivity contribution in [3.8, 4) is 0 Å². The summed E-state index contributed by atoms with van der Waals surface area (Å²) in [5, 5.41) is 0. The number of halogens is 3. The maximum Gasteiger partial charge on any atom is 0.411 e. The summed E-state index contributed by atoms with van der Waals surface area (Å²) in [4.78, 5) is 0. The molecule has 0 amide bonds. The molecule has 0 aliphatic carbocycles. The topological polar surface area (TPSA) is 9.23 Å². The van der Waals surface area contributed by atoms with Crippen LogP contribution in [0.15, 0.2) is 0 Å². The average Bonchev–Trinajstić information content (AvgIpc) is 2.02. The molecule has 0 atom stereocenters. The Morgan fingerprint density at radius 3 is 1.93 bits per heavy atom. The Morgan fingerprint density at radius 1 is 1.07 bits per heavy atom. The molecule has 0 saturated carbocycles. The van der Waals surface area contributed by atoms with Crippen molar-refractivity contribution in [3.63, 3.8) is 0 Å². The molecule has 0 N–H and O–H groups in total. The third-order valence-corrected chi connectivity index (χ3v) is 2.01. The van der Waals surface area contributed by atoms with Gasteiger partial charge in [0.15, 0.2) is 0 Å². The van der Waals surface area contributed by atoms with Gasteiger partial charge in [0.05, 0.1) is 0 Å². The van der Waals surface area contributed by atoms with Crippen molar-refractivity contribution in [2.24, 2.45) is 5.92 Å². The maximum absolute atomic E-state index is 11.8. The van der Waals surface area contributed by atoms with Crippen LogP contribution in [0, 0.1) is 5.92 Å². The molecular formula is C10H19F3O. The van der Waals surface area contributed by atoms with Crippen LogP contribution in [0.2, 0.25) is 0 Å². The van der Waals surface area contributed by atoms with Crippen LogP contribution in [-0.4, -0.2) is 19.4 Å². The van der Waals surface area contributed by atoms with Gasteiger partial charge in [-0.3, -0.25) is 0 Å². The van der Waals surface area contributed by atoms with Crippen molar-refractivity contribution in [3.05, 3.63) is 0 Å². The van der Waals surface area contributed by atoms with Gasteiger partial charge in [-0.05, 0) is 18.8 Å². The van der Waals surface area contributed by atoms with Crippen LogP contribution in [0.1, 0.15) is 39.5 Å². The maximum atomic E-state index is 11.8. The number of ether oxygens (including phenoxy) is 1. The Morgan fingerprint density at radius 2 is 1.57 bits per heavy atom. The number of hydrogen-bond acceptors (Lipinski definition) is 1. The average molecular weight is 212 g/mol. The van der Waals surface area contributed by atoms with Crippen LogP contribution in [-0.2, 0) is 4.74 Å². The summed E-state index contributed by atoms with van der Waals surface area (Å²) in [6, 6.07) is 0. The fourth-order valence-corrected chi connectivity index (χ4v) is 1.47. The summed E-state index contributed by atoms with van der Waals surface area (Å²) >= 11 is 0. The van der Waals surface area contributed by atoms with Gasteiger partial charge in [0.2, 0.25) is 0 Å². The predicted molar refractivity (Wildman–Crippen MR) is 50.2 cm³/mol. The molecule has 0 heterocycles. The highest BCUT2D eigenvalue weighted by Gasteiger charge is 2.27. The highest BCUT2D eigenvalue weighted by molar-refractivity contribution is 4.57. The van der Waals surface area contributed by atoms with Gasteiger partial charge in [0.25, 0.3) is 0 Å². The molecule has 0 radical (unpaired) electrons. The summed E-state index contributed by atoms with van der Waals surface area (Å²) in [5.74, 6) is 0.285. The molecule has 0 aromatic rings. The second-order valence-corrected chi connectivity index (χ2v) is 3.57. The van der Waals surface area contributed by atoms with Crippen molar-refractivity contribution >= 4 is 0 Å². The van der Waals surface area contributed by atoms with Crippen LogP contribution in [0.5, 0.6) is 0 Å². The van der Waals surface area contributed by atoms with Gasteiger partial charge >= 0.3 is 6.18 Å². The molecule has 4 heteroatoms. The van der Waals surface area contributed by atoms with E-state index >= 15 is 0 Å². The van der Waals surface area contributed by atoms with Crippen LogP contribution in [0.3, 0.4) is 0 Å². The van der Waals surface area contributed by atoms with Gasteiger partial charge in [0, 0.05) is 6.61 Å². The molecule has 86 valence electrons. The highest BCUT2D eigenvalue weighted by atomic mass is 19.4. The molecule has 0 aromatic carbocycles. The van der Waals surface area contributed by atoms with E-state index < -0.39 is 12.8 Å². The first-order valence-electron chi connectivity index (χ1n) is 5.14. The third-order valence-electron chi connectivity index (χ3n) is 2.01. The highest BCUT2D eigenvalue weighted by Crippen LogP contribution is 2.18. The lowest BCUT2D eigenvalue weighted by atomic mass is 9.99. The largest absolute Gasteiger partial charge is 0.411 e. The van der Waals surface area contributed by atoms with Crippen molar-refractivity contribution in [2.45, 2.75) is 45.7 Å². The normalized spacial score (nSPS) is 12.4. The van der Waals surface area contributed by atoms with E-state index in [1.54, 1.807) is 0 Å². The van der Waals surface area contributed by atoms with Gasteiger partial charge in [-0.15, -0.1) is 0 Å². The first kappa shape index (κ1) is 13.8. The quantitative estimate of drug-likeness (QED) is 0.624. The van der Waals surface area contributed by atoms with E-state index in [1.165, 1.54) is 0 Å². The summed E-state index contributed by atoms with van der Waals surface area (Å²) in [6.45, 7) is 3.19. The SMILES string of the molecule is CCCC(CCC)COCC(F)(F)F. The Kier molecular flexibility index (Phi) is 6.97. The predicted octanol–water partition coefficient (Wildman–Crippen LogP) is 3.78. The Hall–Kier alpha value is -0.250. The summed E-state index contributed by atoms with van der Waals surface area (Å²) in [5.41, 5.74) is 0. The summed E-state index contributed by atoms with van der Waals surface area (Å²) in [7, 11) is 0. The Bertz CT molecular complexity index is 128. The second kappa shape index (κ2) is 7.10. The zero-order chi connectivity index (χ0) is 11.0. The van der Waals surface area contributed by atoms with Gasteiger partial charge < -0.3 is 4.74 Å². The third kappa shape index (κ3) is 8.35. The minimum absolute atomic E-state index is 0.237. The zero-order valence-electron chi connectivity index (χ0n) is 8.86. The fraction of sp³-hybridized carbons (Fsp3) is 1.00. The first-order valence-corrected chi connectivity index (χ1v) is 5.14. The van der Waals surface area contributed by atoms with Crippen molar-refractivity contribution in [1.29, 1.82) is 0 Å². The van der Waals surface area contributed by atoms with E-state index in [-0.39, 0.29) is 12.5 Å². The lowest BCUT2D eigenvalue weighted by molar-refractivity contribution is -0.176. The van der Waals surface area contributed by atoms with E-state index in [0.29, 0.717) is 0 Å². The Balaban J connectivity index is 3.60. The van der Waals surface area contributed by atoms with E-state index in [1.807, 2.05) is 13.8 Å². The molecule has 0 bridgehead atoms. The van der Waals surface area contributed by atoms with Crippen LogP contribution < -0.4 is 0 Å². The van der Waals surface area contributed by atoms with Crippen molar-refractivity contribution < 1.29 is 17.9 Å². The van der Waals surface area contributed by atoms with Gasteiger partial charge in [-0.25, -0.2) is 0 Å². The van der Waals surface area contributed by atoms with Crippen LogP contribution in [0.4, 0.5) is 13.2 Å². The molecule has 0 rings (SSSR count). The molecule has 14 heavy (non-hydrogen) atoms. The van der Waals surface area contributed by atoms with Gasteiger partial charge in [-0.2, -0.15) is 13.2 Å². The van der Waals surface area contributed by atoms with Crippen LogP contribution >= 0.6 is 0 Å². The number of rotatable bonds is 7. The fourth-order valence-electron chi connectivity index (χ4n) is 1.47. The van der Waals surface area contributed by atoms with Crippen LogP contribution in [0.25, 0.3) is 0 Å². The monoisotopic (exact) mass is 212 g/mol. The molecule has 0 aromatic heterocycles. The van der Waals surface area contributed by atoms with Crippen molar-refractivity contribution in [2.75, 3.05) is 13.2 Å². The number of hydrogen-bond donors (Lipinski definition) is 0. The molecular weight excluding hydrogens is 193 g/mol. The molecule has 0 fully saturated rings. The van der Waals surface area contributed by atoms with E-state index in [2.05, 4.69) is 4.74 Å². The van der Waals surface area contributed by atoms with E-state index in [4.69, 9.17) is 0 Å². The van der Waals surface area contributed by atoms with Gasteiger partial charge in [0.1, 0.15) is 6.61 Å². The molecule has 1 nitrogen and oxygen atoms in total. The minimum atomic E-state index is -4.19. The molecule has 0 aliphatic heterocycles. The lowest BCUT2D eigenvalue weighted by Crippen LogP contribution is -2.20. The molecule has 0 spiro atoms. The lowest BCUT2D eigenvalue weighted by Gasteiger charge is -2.16. The van der Waals surface area contributed by atoms with Crippen molar-refractivity contribution in [1.82, 2.24) is 0 Å². The molecule has 0 saturated heterocycles. The summed E-state index contributed by atoms with van der Waals surface area (Å²) in [6.07, 6.45) is -0.291. The second-order valence-electron chi connectivity index (χ2n) is 3.57. The standard InChI is InChI=1S/C10H19F3O/c1-3-5-9(6-4-2)7-14-8-10(11,12)13/h9H,3-8H2,1-2H3. The minimum Gasteiger partial charge on any atom is -0.372 e. The zero-order valence-corrected chi connectivity index (χ0v) is 8.86. The van der Waals surface area contributed by atoms with E-state index in [9.17, 15) is 13.2 Å². The van der Waals surface area contributed by atoms with E-state index in [0.717, 1.165) is 25.7 Å².